The van der Waals surface area contributed by atoms with Crippen LogP contribution in [0.2, 0.25) is 0 Å². The van der Waals surface area contributed by atoms with E-state index in [0.717, 1.165) is 0 Å². The van der Waals surface area contributed by atoms with E-state index in [-0.39, 0.29) is 31.4 Å². The zero-order valence-corrected chi connectivity index (χ0v) is 11.8. The molecule has 1 N–H and O–H groups in total. The number of phenols is 1. The molecule has 0 saturated carbocycles. The number of hydrogen-bond acceptors (Lipinski definition) is 4. The smallest absolute Gasteiger partial charge is 0.325 e. The lowest BCUT2D eigenvalue weighted by Crippen LogP contribution is -2.37. The predicted octanol–water partition coefficient (Wildman–Crippen LogP) is 1.89. The highest BCUT2D eigenvalue weighted by Gasteiger charge is 2.20. The highest BCUT2D eigenvalue weighted by Crippen LogP contribution is 2.20. The van der Waals surface area contributed by atoms with Gasteiger partial charge < -0.3 is 14.7 Å². The third-order valence-corrected chi connectivity index (χ3v) is 2.80. The quantitative estimate of drug-likeness (QED) is 0.637. The molecule has 0 radical (unpaired) electrons. The number of phenolic OH excluding ortho intramolecular Hbond substituents is 1. The Hall–Kier alpha value is -2.30. The van der Waals surface area contributed by atoms with Gasteiger partial charge in [0.2, 0.25) is 0 Å². The van der Waals surface area contributed by atoms with Crippen molar-refractivity contribution in [2.75, 3.05) is 19.7 Å². The van der Waals surface area contributed by atoms with E-state index in [1.165, 1.54) is 17.0 Å². The van der Waals surface area contributed by atoms with Crippen LogP contribution in [-0.2, 0) is 9.53 Å². The van der Waals surface area contributed by atoms with Gasteiger partial charge in [0.1, 0.15) is 12.3 Å². The molecule has 0 bridgehead atoms. The third kappa shape index (κ3) is 3.85. The van der Waals surface area contributed by atoms with Crippen molar-refractivity contribution in [3.05, 3.63) is 42.0 Å². The van der Waals surface area contributed by atoms with Crippen LogP contribution in [0.5, 0.6) is 5.75 Å². The van der Waals surface area contributed by atoms with E-state index in [0.29, 0.717) is 11.1 Å². The Labute approximate surface area is 118 Å². The lowest BCUT2D eigenvalue weighted by atomic mass is 10.1. The number of carbonyl (C=O) groups excluding carboxylic acids is 2. The average molecular weight is 277 g/mol. The van der Waals surface area contributed by atoms with Gasteiger partial charge in [-0.3, -0.25) is 9.59 Å². The van der Waals surface area contributed by atoms with Gasteiger partial charge in [-0.15, -0.1) is 6.58 Å². The Kier molecular flexibility index (Phi) is 5.77. The number of ether oxygens (including phenoxy) is 1. The molecule has 0 aliphatic rings. The highest BCUT2D eigenvalue weighted by atomic mass is 16.5. The first-order valence-electron chi connectivity index (χ1n) is 6.35. The monoisotopic (exact) mass is 277 g/mol. The van der Waals surface area contributed by atoms with Crippen molar-refractivity contribution in [3.63, 3.8) is 0 Å². The predicted molar refractivity (Wildman–Crippen MR) is 75.6 cm³/mol. The molecular formula is C15H19NO4. The highest BCUT2D eigenvalue weighted by molar-refractivity contribution is 5.97. The minimum Gasteiger partial charge on any atom is -0.508 e. The van der Waals surface area contributed by atoms with Gasteiger partial charge >= 0.3 is 5.97 Å². The van der Waals surface area contributed by atoms with Crippen LogP contribution in [-0.4, -0.2) is 41.6 Å². The molecule has 5 nitrogen and oxygen atoms in total. The van der Waals surface area contributed by atoms with E-state index in [1.807, 2.05) is 0 Å². The van der Waals surface area contributed by atoms with E-state index >= 15 is 0 Å². The number of aromatic hydroxyl groups is 1. The number of nitrogens with zero attached hydrogens (tertiary/aromatic N) is 1. The molecular weight excluding hydrogens is 258 g/mol. The van der Waals surface area contributed by atoms with Crippen molar-refractivity contribution in [1.29, 1.82) is 0 Å². The Morgan fingerprint density at radius 1 is 1.45 bits per heavy atom. The summed E-state index contributed by atoms with van der Waals surface area (Å²) in [6.07, 6.45) is 1.54. The van der Waals surface area contributed by atoms with Crippen LogP contribution in [0.1, 0.15) is 22.8 Å². The molecule has 1 rings (SSSR count). The summed E-state index contributed by atoms with van der Waals surface area (Å²) < 4.78 is 4.84. The van der Waals surface area contributed by atoms with Gasteiger partial charge in [-0.2, -0.15) is 0 Å². The molecule has 0 spiro atoms. The largest absolute Gasteiger partial charge is 0.508 e. The summed E-state index contributed by atoms with van der Waals surface area (Å²) in [5, 5.41) is 9.64. The van der Waals surface area contributed by atoms with Gasteiger partial charge in [-0.05, 0) is 26.0 Å². The summed E-state index contributed by atoms with van der Waals surface area (Å²) in [6.45, 7) is 7.28. The van der Waals surface area contributed by atoms with E-state index in [1.54, 1.807) is 26.0 Å². The first-order chi connectivity index (χ1) is 9.51. The van der Waals surface area contributed by atoms with Crippen LogP contribution < -0.4 is 0 Å². The molecule has 108 valence electrons. The standard InChI is InChI=1S/C15H19NO4/c1-4-9-16(10-14(18)20-5-2)15(19)12-7-6-8-13(17)11(12)3/h4,6-8,17H,1,5,9-10H2,2-3H3. The molecule has 0 atom stereocenters. The van der Waals surface area contributed by atoms with Gasteiger partial charge in [0.05, 0.1) is 6.61 Å². The second-order valence-electron chi connectivity index (χ2n) is 4.23. The number of amides is 1. The van der Waals surface area contributed by atoms with E-state index < -0.39 is 5.97 Å². The minimum atomic E-state index is -0.472. The molecule has 0 heterocycles. The van der Waals surface area contributed by atoms with Gasteiger partial charge in [0, 0.05) is 17.7 Å². The maximum Gasteiger partial charge on any atom is 0.325 e. The Bertz CT molecular complexity index is 511. The van der Waals surface area contributed by atoms with Crippen molar-refractivity contribution in [1.82, 2.24) is 4.90 Å². The SMILES string of the molecule is C=CCN(CC(=O)OCC)C(=O)c1cccc(O)c1C. The molecule has 0 aliphatic heterocycles. The maximum absolute atomic E-state index is 12.4. The van der Waals surface area contributed by atoms with E-state index in [4.69, 9.17) is 4.74 Å². The normalized spacial score (nSPS) is 9.90. The number of rotatable bonds is 6. The number of hydrogen-bond donors (Lipinski definition) is 1. The summed E-state index contributed by atoms with van der Waals surface area (Å²) in [5.41, 5.74) is 0.839. The molecule has 5 heteroatoms. The van der Waals surface area contributed by atoms with Crippen LogP contribution in [0.3, 0.4) is 0 Å². The third-order valence-electron chi connectivity index (χ3n) is 2.80. The fraction of sp³-hybridized carbons (Fsp3) is 0.333. The lowest BCUT2D eigenvalue weighted by molar-refractivity contribution is -0.143. The van der Waals surface area contributed by atoms with Crippen molar-refractivity contribution >= 4 is 11.9 Å². The van der Waals surface area contributed by atoms with Gasteiger partial charge in [-0.1, -0.05) is 12.1 Å². The molecule has 1 amide bonds. The topological polar surface area (TPSA) is 66.8 Å². The van der Waals surface area contributed by atoms with Crippen LogP contribution >= 0.6 is 0 Å². The second kappa shape index (κ2) is 7.33. The maximum atomic E-state index is 12.4. The Balaban J connectivity index is 2.96. The van der Waals surface area contributed by atoms with Crippen molar-refractivity contribution in [3.8, 4) is 5.75 Å². The zero-order valence-electron chi connectivity index (χ0n) is 11.8. The first kappa shape index (κ1) is 15.8. The van der Waals surface area contributed by atoms with Gasteiger partial charge in [0.25, 0.3) is 5.91 Å². The molecule has 1 aromatic rings. The van der Waals surface area contributed by atoms with Crippen molar-refractivity contribution in [2.45, 2.75) is 13.8 Å². The summed E-state index contributed by atoms with van der Waals surface area (Å²) >= 11 is 0. The summed E-state index contributed by atoms with van der Waals surface area (Å²) in [4.78, 5) is 25.2. The van der Waals surface area contributed by atoms with Crippen LogP contribution in [0, 0.1) is 6.92 Å². The molecule has 0 aromatic heterocycles. The molecule has 20 heavy (non-hydrogen) atoms. The second-order valence-corrected chi connectivity index (χ2v) is 4.23. The number of benzene rings is 1. The molecule has 0 aliphatic carbocycles. The zero-order chi connectivity index (χ0) is 15.1. The molecule has 0 saturated heterocycles. The Morgan fingerprint density at radius 2 is 2.15 bits per heavy atom. The number of esters is 1. The van der Waals surface area contributed by atoms with Crippen LogP contribution in [0.25, 0.3) is 0 Å². The Morgan fingerprint density at radius 3 is 2.75 bits per heavy atom. The lowest BCUT2D eigenvalue weighted by Gasteiger charge is -2.21. The fourth-order valence-corrected chi connectivity index (χ4v) is 1.76. The first-order valence-corrected chi connectivity index (χ1v) is 6.35. The molecule has 0 unspecified atom stereocenters. The number of carbonyl (C=O) groups is 2. The van der Waals surface area contributed by atoms with Crippen molar-refractivity contribution in [2.24, 2.45) is 0 Å². The van der Waals surface area contributed by atoms with Gasteiger partial charge in [0.15, 0.2) is 0 Å². The van der Waals surface area contributed by atoms with Crippen LogP contribution in [0.4, 0.5) is 0 Å². The molecule has 1 aromatic carbocycles. The summed E-state index contributed by atoms with van der Waals surface area (Å²) in [5.74, 6) is -0.766. The van der Waals surface area contributed by atoms with Gasteiger partial charge in [-0.25, -0.2) is 0 Å². The fourth-order valence-electron chi connectivity index (χ4n) is 1.76. The minimum absolute atomic E-state index is 0.0468. The van der Waals surface area contributed by atoms with E-state index in [9.17, 15) is 14.7 Å². The average Bonchev–Trinajstić information content (AvgIpc) is 2.41. The molecule has 0 fully saturated rings. The van der Waals surface area contributed by atoms with E-state index in [2.05, 4.69) is 6.58 Å². The summed E-state index contributed by atoms with van der Waals surface area (Å²) in [7, 11) is 0. The summed E-state index contributed by atoms with van der Waals surface area (Å²) in [6, 6.07) is 4.71. The van der Waals surface area contributed by atoms with Crippen LogP contribution in [0.15, 0.2) is 30.9 Å². The van der Waals surface area contributed by atoms with Crippen molar-refractivity contribution < 1.29 is 19.4 Å².